The van der Waals surface area contributed by atoms with Crippen LogP contribution in [0.2, 0.25) is 0 Å². The number of rotatable bonds is 7. The normalized spacial score (nSPS) is 19.1. The van der Waals surface area contributed by atoms with Gasteiger partial charge >= 0.3 is 0 Å². The zero-order valence-electron chi connectivity index (χ0n) is 17.2. The van der Waals surface area contributed by atoms with Crippen molar-refractivity contribution in [1.29, 1.82) is 0 Å². The molecule has 152 valence electrons. The summed E-state index contributed by atoms with van der Waals surface area (Å²) in [6, 6.07) is 16.8. The number of nitrogens with zero attached hydrogens (tertiary/aromatic N) is 1. The van der Waals surface area contributed by atoms with Crippen LogP contribution in [0.25, 0.3) is 10.6 Å². The number of thiazole rings is 1. The molecule has 4 nitrogen and oxygen atoms in total. The van der Waals surface area contributed by atoms with E-state index in [0.717, 1.165) is 34.5 Å². The van der Waals surface area contributed by atoms with Gasteiger partial charge in [-0.2, -0.15) is 0 Å². The van der Waals surface area contributed by atoms with Crippen molar-refractivity contribution in [3.8, 4) is 22.1 Å². The summed E-state index contributed by atoms with van der Waals surface area (Å²) in [6.07, 6.45) is 3.81. The smallest absolute Gasteiger partial charge is 0.170 e. The highest BCUT2D eigenvalue weighted by Crippen LogP contribution is 2.38. The third kappa shape index (κ3) is 4.80. The molecule has 29 heavy (non-hydrogen) atoms. The van der Waals surface area contributed by atoms with Crippen molar-refractivity contribution in [2.75, 3.05) is 27.3 Å². The molecule has 0 saturated carbocycles. The van der Waals surface area contributed by atoms with Crippen LogP contribution < -0.4 is 14.4 Å². The number of ether oxygens (including phenoxy) is 2. The standard InChI is InChI=1S/C24H28N2O2S/c1-27-22-10-6-9-21(23(22)28-2)24-25-20(17-29-24)16-26-13-11-19(12-14-26)15-18-7-4-3-5-8-18/h3-10,17,19H,11-16H2,1-2H3/p+1. The Kier molecular flexibility index (Phi) is 6.47. The molecule has 1 N–H and O–H groups in total. The number of benzene rings is 2. The van der Waals surface area contributed by atoms with E-state index in [2.05, 4.69) is 35.7 Å². The molecular weight excluding hydrogens is 380 g/mol. The largest absolute Gasteiger partial charge is 0.493 e. The molecule has 1 aliphatic rings. The zero-order valence-corrected chi connectivity index (χ0v) is 18.0. The van der Waals surface area contributed by atoms with E-state index in [4.69, 9.17) is 14.5 Å². The topological polar surface area (TPSA) is 35.8 Å². The zero-order chi connectivity index (χ0) is 20.1. The Balaban J connectivity index is 1.36. The maximum Gasteiger partial charge on any atom is 0.170 e. The van der Waals surface area contributed by atoms with E-state index < -0.39 is 0 Å². The van der Waals surface area contributed by atoms with Gasteiger partial charge in [0.05, 0.1) is 32.9 Å². The minimum absolute atomic E-state index is 0.743. The fraction of sp³-hybridized carbons (Fsp3) is 0.375. The summed E-state index contributed by atoms with van der Waals surface area (Å²) in [7, 11) is 3.35. The van der Waals surface area contributed by atoms with Crippen molar-refractivity contribution in [3.63, 3.8) is 0 Å². The third-order valence-corrected chi connectivity index (χ3v) is 6.72. The van der Waals surface area contributed by atoms with Crippen LogP contribution in [0.1, 0.15) is 24.1 Å². The molecule has 0 amide bonds. The summed E-state index contributed by atoms with van der Waals surface area (Å²) < 4.78 is 11.0. The van der Waals surface area contributed by atoms with Gasteiger partial charge in [-0.15, -0.1) is 11.3 Å². The molecular formula is C24H29N2O2S+. The summed E-state index contributed by atoms with van der Waals surface area (Å²) in [5, 5.41) is 3.19. The lowest BCUT2D eigenvalue weighted by Gasteiger charge is -2.29. The summed E-state index contributed by atoms with van der Waals surface area (Å²) in [6.45, 7) is 3.46. The van der Waals surface area contributed by atoms with Crippen LogP contribution in [-0.2, 0) is 13.0 Å². The maximum atomic E-state index is 5.58. The van der Waals surface area contributed by atoms with Gasteiger partial charge in [-0.25, -0.2) is 4.98 Å². The molecule has 0 bridgehead atoms. The lowest BCUT2D eigenvalue weighted by molar-refractivity contribution is -0.920. The number of hydrogen-bond donors (Lipinski definition) is 1. The number of hydrogen-bond acceptors (Lipinski definition) is 4. The van der Waals surface area contributed by atoms with Crippen molar-refractivity contribution in [2.24, 2.45) is 5.92 Å². The average molecular weight is 410 g/mol. The summed E-state index contributed by atoms with van der Waals surface area (Å²) >= 11 is 1.68. The van der Waals surface area contributed by atoms with Crippen molar-refractivity contribution < 1.29 is 14.4 Å². The van der Waals surface area contributed by atoms with Crippen LogP contribution in [0.4, 0.5) is 0 Å². The van der Waals surface area contributed by atoms with Gasteiger partial charge in [0, 0.05) is 5.38 Å². The monoisotopic (exact) mass is 409 g/mol. The van der Waals surface area contributed by atoms with Crippen LogP contribution in [0.5, 0.6) is 11.5 Å². The second-order valence-electron chi connectivity index (χ2n) is 7.74. The van der Waals surface area contributed by atoms with Gasteiger partial charge in [-0.05, 0) is 42.9 Å². The van der Waals surface area contributed by atoms with E-state index in [1.807, 2.05) is 18.2 Å². The van der Waals surface area contributed by atoms with Gasteiger partial charge < -0.3 is 14.4 Å². The first-order valence-electron chi connectivity index (χ1n) is 10.3. The van der Waals surface area contributed by atoms with E-state index in [9.17, 15) is 0 Å². The van der Waals surface area contributed by atoms with Gasteiger partial charge in [0.15, 0.2) is 11.5 Å². The molecule has 0 aliphatic carbocycles. The Hall–Kier alpha value is -2.37. The van der Waals surface area contributed by atoms with E-state index >= 15 is 0 Å². The lowest BCUT2D eigenvalue weighted by Crippen LogP contribution is -3.11. The molecule has 1 saturated heterocycles. The molecule has 3 aromatic rings. The highest BCUT2D eigenvalue weighted by molar-refractivity contribution is 7.13. The second-order valence-corrected chi connectivity index (χ2v) is 8.60. The molecule has 0 radical (unpaired) electrons. The average Bonchev–Trinajstić information content (AvgIpc) is 3.23. The Morgan fingerprint density at radius 1 is 1.00 bits per heavy atom. The quantitative estimate of drug-likeness (QED) is 0.644. The van der Waals surface area contributed by atoms with Crippen LogP contribution in [0.3, 0.4) is 0 Å². The summed E-state index contributed by atoms with van der Waals surface area (Å²) in [5.74, 6) is 2.31. The van der Waals surface area contributed by atoms with Crippen molar-refractivity contribution in [3.05, 3.63) is 65.2 Å². The Bertz CT molecular complexity index is 918. The van der Waals surface area contributed by atoms with Gasteiger partial charge in [-0.1, -0.05) is 36.4 Å². The Labute approximate surface area is 177 Å². The molecule has 4 rings (SSSR count). The van der Waals surface area contributed by atoms with Crippen LogP contribution in [0, 0.1) is 5.92 Å². The maximum absolute atomic E-state index is 5.58. The van der Waals surface area contributed by atoms with Crippen LogP contribution in [-0.4, -0.2) is 32.3 Å². The van der Waals surface area contributed by atoms with Gasteiger partial charge in [0.1, 0.15) is 17.2 Å². The fourth-order valence-electron chi connectivity index (χ4n) is 4.24. The lowest BCUT2D eigenvalue weighted by atomic mass is 9.90. The number of likely N-dealkylation sites (tertiary alicyclic amines) is 1. The van der Waals surface area contributed by atoms with Gasteiger partial charge in [0.2, 0.25) is 0 Å². The molecule has 2 aromatic carbocycles. The summed E-state index contributed by atoms with van der Waals surface area (Å²) in [5.41, 5.74) is 3.64. The molecule has 1 aliphatic heterocycles. The Morgan fingerprint density at radius 2 is 1.79 bits per heavy atom. The third-order valence-electron chi connectivity index (χ3n) is 5.80. The van der Waals surface area contributed by atoms with E-state index in [-0.39, 0.29) is 0 Å². The van der Waals surface area contributed by atoms with Crippen LogP contribution in [0.15, 0.2) is 53.9 Å². The SMILES string of the molecule is COc1cccc(-c2nc(C[NH+]3CCC(Cc4ccccc4)CC3)cs2)c1OC. The fourth-order valence-corrected chi connectivity index (χ4v) is 5.08. The number of piperidine rings is 1. The molecule has 2 heterocycles. The number of aromatic nitrogens is 1. The molecule has 5 heteroatoms. The first-order chi connectivity index (χ1) is 14.3. The minimum atomic E-state index is 0.743. The molecule has 0 atom stereocenters. The van der Waals surface area contributed by atoms with Crippen molar-refractivity contribution in [1.82, 2.24) is 4.98 Å². The number of methoxy groups -OCH3 is 2. The highest BCUT2D eigenvalue weighted by atomic mass is 32.1. The second kappa shape index (κ2) is 9.42. The van der Waals surface area contributed by atoms with Gasteiger partial charge in [0.25, 0.3) is 0 Å². The van der Waals surface area contributed by atoms with Crippen molar-refractivity contribution in [2.45, 2.75) is 25.8 Å². The number of quaternary nitrogens is 1. The number of para-hydroxylation sites is 1. The number of nitrogens with one attached hydrogen (secondary N) is 1. The van der Waals surface area contributed by atoms with E-state index in [1.54, 1.807) is 30.5 Å². The van der Waals surface area contributed by atoms with E-state index in [0.29, 0.717) is 0 Å². The van der Waals surface area contributed by atoms with E-state index in [1.165, 1.54) is 43.6 Å². The minimum Gasteiger partial charge on any atom is -0.493 e. The highest BCUT2D eigenvalue weighted by Gasteiger charge is 2.23. The molecule has 1 aromatic heterocycles. The van der Waals surface area contributed by atoms with Gasteiger partial charge in [-0.3, -0.25) is 0 Å². The molecule has 0 unspecified atom stereocenters. The van der Waals surface area contributed by atoms with Crippen molar-refractivity contribution >= 4 is 11.3 Å². The van der Waals surface area contributed by atoms with Crippen LogP contribution >= 0.6 is 11.3 Å². The predicted molar refractivity (Wildman–Crippen MR) is 118 cm³/mol. The predicted octanol–water partition coefficient (Wildman–Crippen LogP) is 3.86. The first-order valence-corrected chi connectivity index (χ1v) is 11.2. The first kappa shape index (κ1) is 19.9. The molecule has 0 spiro atoms. The summed E-state index contributed by atoms with van der Waals surface area (Å²) in [4.78, 5) is 6.55. The Morgan fingerprint density at radius 3 is 2.52 bits per heavy atom. The molecule has 1 fully saturated rings.